The molecule has 0 saturated carbocycles. The average Bonchev–Trinajstić information content (AvgIpc) is 2.33. The van der Waals surface area contributed by atoms with Crippen LogP contribution in [0.15, 0.2) is 0 Å². The molecule has 0 radical (unpaired) electrons. The van der Waals surface area contributed by atoms with Crippen LogP contribution in [0.4, 0.5) is 0 Å². The molecule has 0 aliphatic rings. The molecule has 0 aromatic heterocycles. The first-order valence-electron chi connectivity index (χ1n) is 5.92. The topological polar surface area (TPSA) is 159 Å². The zero-order valence-corrected chi connectivity index (χ0v) is 11.3. The third-order valence-corrected chi connectivity index (χ3v) is 2.45. The summed E-state index contributed by atoms with van der Waals surface area (Å²) in [6.07, 6.45) is -0.665. The average molecular weight is 289 g/mol. The van der Waals surface area contributed by atoms with Crippen LogP contribution in [0.3, 0.4) is 0 Å². The van der Waals surface area contributed by atoms with Gasteiger partial charge in [-0.2, -0.15) is 0 Å². The Morgan fingerprint density at radius 3 is 2.00 bits per heavy atom. The molecule has 2 unspecified atom stereocenters. The normalized spacial score (nSPS) is 13.4. The van der Waals surface area contributed by atoms with Crippen LogP contribution in [0.1, 0.15) is 20.3 Å². The fraction of sp³-hybridized carbons (Fsp3) is 0.636. The van der Waals surface area contributed by atoms with Crippen molar-refractivity contribution in [3.63, 3.8) is 0 Å². The van der Waals surface area contributed by atoms with E-state index in [1.165, 1.54) is 0 Å². The predicted octanol–water partition coefficient (Wildman–Crippen LogP) is -1.87. The van der Waals surface area contributed by atoms with Gasteiger partial charge in [-0.05, 0) is 5.92 Å². The van der Waals surface area contributed by atoms with Gasteiger partial charge in [0.25, 0.3) is 0 Å². The summed E-state index contributed by atoms with van der Waals surface area (Å²) >= 11 is 0. The number of carboxylic acid groups (broad SMARTS) is 2. The van der Waals surface area contributed by atoms with Gasteiger partial charge in [-0.1, -0.05) is 13.8 Å². The van der Waals surface area contributed by atoms with E-state index in [0.29, 0.717) is 0 Å². The molecule has 0 spiro atoms. The number of nitrogens with one attached hydrogen (secondary N) is 2. The molecule has 0 aromatic rings. The zero-order chi connectivity index (χ0) is 15.9. The van der Waals surface area contributed by atoms with Crippen LogP contribution in [0.5, 0.6) is 0 Å². The number of carbonyl (C=O) groups is 4. The van der Waals surface area contributed by atoms with Crippen LogP contribution in [0, 0.1) is 5.92 Å². The molecule has 0 heterocycles. The van der Waals surface area contributed by atoms with Crippen molar-refractivity contribution >= 4 is 23.8 Å². The predicted molar refractivity (Wildman–Crippen MR) is 67.6 cm³/mol. The highest BCUT2D eigenvalue weighted by molar-refractivity contribution is 5.93. The molecule has 0 saturated heterocycles. The second kappa shape index (κ2) is 8.10. The van der Waals surface area contributed by atoms with E-state index >= 15 is 0 Å². The van der Waals surface area contributed by atoms with E-state index in [1.807, 2.05) is 5.32 Å². The number of amides is 2. The molecule has 114 valence electrons. The molecular formula is C11H19N3O6. The number of carbonyl (C=O) groups excluding carboxylic acids is 2. The van der Waals surface area contributed by atoms with Gasteiger partial charge in [-0.3, -0.25) is 19.2 Å². The Hall–Kier alpha value is -2.16. The number of nitrogens with two attached hydrogens (primary N) is 1. The van der Waals surface area contributed by atoms with Gasteiger partial charge in [-0.25, -0.2) is 0 Å². The monoisotopic (exact) mass is 289 g/mol. The quantitative estimate of drug-likeness (QED) is 0.350. The SMILES string of the molecule is CC(C)C(N)C(=O)NC(CC(=O)O)C(=O)NCC(=O)O. The minimum absolute atomic E-state index is 0.192. The van der Waals surface area contributed by atoms with Gasteiger partial charge in [0.2, 0.25) is 11.8 Å². The lowest BCUT2D eigenvalue weighted by Crippen LogP contribution is -2.54. The molecule has 9 heteroatoms. The van der Waals surface area contributed by atoms with Crippen LogP contribution in [-0.2, 0) is 19.2 Å². The molecule has 9 nitrogen and oxygen atoms in total. The molecule has 2 amide bonds. The van der Waals surface area contributed by atoms with Crippen molar-refractivity contribution in [2.45, 2.75) is 32.4 Å². The van der Waals surface area contributed by atoms with Crippen molar-refractivity contribution in [3.05, 3.63) is 0 Å². The van der Waals surface area contributed by atoms with Crippen molar-refractivity contribution in [2.75, 3.05) is 6.54 Å². The van der Waals surface area contributed by atoms with E-state index in [2.05, 4.69) is 5.32 Å². The van der Waals surface area contributed by atoms with Gasteiger partial charge < -0.3 is 26.6 Å². The smallest absolute Gasteiger partial charge is 0.322 e. The van der Waals surface area contributed by atoms with E-state index in [0.717, 1.165) is 0 Å². The summed E-state index contributed by atoms with van der Waals surface area (Å²) in [4.78, 5) is 44.3. The van der Waals surface area contributed by atoms with Crippen molar-refractivity contribution in [1.82, 2.24) is 10.6 Å². The van der Waals surface area contributed by atoms with E-state index in [4.69, 9.17) is 15.9 Å². The Balaban J connectivity index is 4.71. The fourth-order valence-corrected chi connectivity index (χ4v) is 1.24. The number of hydrogen-bond donors (Lipinski definition) is 5. The maximum absolute atomic E-state index is 11.7. The lowest BCUT2D eigenvalue weighted by molar-refractivity contribution is -0.141. The summed E-state index contributed by atoms with van der Waals surface area (Å²) < 4.78 is 0. The molecule has 0 rings (SSSR count). The maximum Gasteiger partial charge on any atom is 0.322 e. The Kier molecular flexibility index (Phi) is 7.22. The molecular weight excluding hydrogens is 270 g/mol. The first kappa shape index (κ1) is 17.8. The molecule has 0 aliphatic carbocycles. The first-order valence-corrected chi connectivity index (χ1v) is 5.92. The Bertz CT molecular complexity index is 396. The second-order valence-corrected chi connectivity index (χ2v) is 4.54. The molecule has 0 fully saturated rings. The van der Waals surface area contributed by atoms with Gasteiger partial charge in [0, 0.05) is 0 Å². The van der Waals surface area contributed by atoms with Crippen LogP contribution < -0.4 is 16.4 Å². The van der Waals surface area contributed by atoms with Crippen molar-refractivity contribution in [2.24, 2.45) is 11.7 Å². The van der Waals surface area contributed by atoms with Gasteiger partial charge in [0.1, 0.15) is 12.6 Å². The lowest BCUT2D eigenvalue weighted by Gasteiger charge is -2.20. The molecule has 20 heavy (non-hydrogen) atoms. The number of carboxylic acids is 2. The van der Waals surface area contributed by atoms with Crippen molar-refractivity contribution in [1.29, 1.82) is 0 Å². The summed E-state index contributed by atoms with van der Waals surface area (Å²) in [6, 6.07) is -2.26. The zero-order valence-electron chi connectivity index (χ0n) is 11.3. The van der Waals surface area contributed by atoms with Crippen LogP contribution in [0.2, 0.25) is 0 Å². The highest BCUT2D eigenvalue weighted by Gasteiger charge is 2.27. The van der Waals surface area contributed by atoms with Crippen LogP contribution >= 0.6 is 0 Å². The molecule has 0 aliphatic heterocycles. The Morgan fingerprint density at radius 1 is 1.05 bits per heavy atom. The van der Waals surface area contributed by atoms with Gasteiger partial charge in [-0.15, -0.1) is 0 Å². The first-order chi connectivity index (χ1) is 9.15. The van der Waals surface area contributed by atoms with Crippen molar-refractivity contribution < 1.29 is 29.4 Å². The number of aliphatic carboxylic acids is 2. The van der Waals surface area contributed by atoms with Gasteiger partial charge in [0.15, 0.2) is 0 Å². The van der Waals surface area contributed by atoms with Gasteiger partial charge in [0.05, 0.1) is 12.5 Å². The fourth-order valence-electron chi connectivity index (χ4n) is 1.24. The Labute approximate surface area is 115 Å². The van der Waals surface area contributed by atoms with Crippen LogP contribution in [0.25, 0.3) is 0 Å². The Morgan fingerprint density at radius 2 is 1.60 bits per heavy atom. The third-order valence-electron chi connectivity index (χ3n) is 2.45. The van der Waals surface area contributed by atoms with E-state index in [1.54, 1.807) is 13.8 Å². The maximum atomic E-state index is 11.7. The van der Waals surface area contributed by atoms with E-state index in [-0.39, 0.29) is 5.92 Å². The molecule has 0 bridgehead atoms. The summed E-state index contributed by atoms with van der Waals surface area (Å²) in [6.45, 7) is 2.73. The standard InChI is InChI=1S/C11H19N3O6/c1-5(2)9(12)11(20)14-6(3-7(15)16)10(19)13-4-8(17)18/h5-6,9H,3-4,12H2,1-2H3,(H,13,19)(H,14,20)(H,15,16)(H,17,18). The number of hydrogen-bond acceptors (Lipinski definition) is 5. The van der Waals surface area contributed by atoms with E-state index in [9.17, 15) is 19.2 Å². The van der Waals surface area contributed by atoms with E-state index < -0.39 is 48.8 Å². The molecule has 2 atom stereocenters. The van der Waals surface area contributed by atoms with Crippen molar-refractivity contribution in [3.8, 4) is 0 Å². The summed E-state index contributed by atoms with van der Waals surface area (Å²) in [5, 5.41) is 21.3. The molecule has 6 N–H and O–H groups in total. The summed E-state index contributed by atoms with van der Waals surface area (Å²) in [5.74, 6) is -4.34. The minimum Gasteiger partial charge on any atom is -0.481 e. The lowest BCUT2D eigenvalue weighted by atomic mass is 10.0. The van der Waals surface area contributed by atoms with Crippen LogP contribution in [-0.4, -0.2) is 52.6 Å². The molecule has 0 aromatic carbocycles. The highest BCUT2D eigenvalue weighted by atomic mass is 16.4. The number of rotatable bonds is 8. The minimum atomic E-state index is -1.37. The summed E-state index contributed by atoms with van der Waals surface area (Å²) in [7, 11) is 0. The summed E-state index contributed by atoms with van der Waals surface area (Å²) in [5.41, 5.74) is 5.58. The highest BCUT2D eigenvalue weighted by Crippen LogP contribution is 2.00. The second-order valence-electron chi connectivity index (χ2n) is 4.54. The largest absolute Gasteiger partial charge is 0.481 e. The third kappa shape index (κ3) is 6.69. The van der Waals surface area contributed by atoms with Gasteiger partial charge >= 0.3 is 11.9 Å².